The van der Waals surface area contributed by atoms with Gasteiger partial charge >= 0.3 is 0 Å². The van der Waals surface area contributed by atoms with Crippen molar-refractivity contribution < 1.29 is 4.74 Å². The van der Waals surface area contributed by atoms with E-state index in [1.807, 2.05) is 24.3 Å². The third-order valence-electron chi connectivity index (χ3n) is 3.36. The van der Waals surface area contributed by atoms with E-state index in [1.54, 1.807) is 23.1 Å². The van der Waals surface area contributed by atoms with Gasteiger partial charge in [-0.3, -0.25) is 5.10 Å². The number of aromatic amines is 1. The van der Waals surface area contributed by atoms with Crippen LogP contribution in [-0.4, -0.2) is 20.2 Å². The first-order valence-electron chi connectivity index (χ1n) is 7.78. The molecule has 0 saturated carbocycles. The summed E-state index contributed by atoms with van der Waals surface area (Å²) in [7, 11) is 0. The molecule has 0 radical (unpaired) electrons. The Balaban J connectivity index is 1.50. The SMILES string of the molecule is Cc1ccc(OCc2nc(CSc3n[nH]c(C(C)C)n3)cs2)cc1. The molecule has 0 amide bonds. The third-order valence-corrected chi connectivity index (χ3v) is 5.11. The molecule has 24 heavy (non-hydrogen) atoms. The molecular weight excluding hydrogens is 340 g/mol. The van der Waals surface area contributed by atoms with Gasteiger partial charge in [0.05, 0.1) is 5.69 Å². The van der Waals surface area contributed by atoms with E-state index in [1.165, 1.54) is 5.56 Å². The number of hydrogen-bond donors (Lipinski definition) is 1. The Morgan fingerprint density at radius 3 is 2.71 bits per heavy atom. The predicted octanol–water partition coefficient (Wildman–Crippen LogP) is 4.56. The number of thiazole rings is 1. The molecule has 3 rings (SSSR count). The first kappa shape index (κ1) is 17.0. The average Bonchev–Trinajstić information content (AvgIpc) is 3.22. The number of ether oxygens (including phenoxy) is 1. The Morgan fingerprint density at radius 1 is 1.21 bits per heavy atom. The van der Waals surface area contributed by atoms with Crippen molar-refractivity contribution in [1.82, 2.24) is 20.2 Å². The maximum atomic E-state index is 5.76. The summed E-state index contributed by atoms with van der Waals surface area (Å²) in [6, 6.07) is 8.05. The molecule has 5 nitrogen and oxygen atoms in total. The summed E-state index contributed by atoms with van der Waals surface area (Å²) in [6.07, 6.45) is 0. The summed E-state index contributed by atoms with van der Waals surface area (Å²) in [5.41, 5.74) is 2.26. The Bertz CT molecular complexity index is 780. The zero-order chi connectivity index (χ0) is 16.9. The fraction of sp³-hybridized carbons (Fsp3) is 0.353. The molecule has 0 saturated heterocycles. The lowest BCUT2D eigenvalue weighted by Gasteiger charge is -2.03. The van der Waals surface area contributed by atoms with Crippen LogP contribution < -0.4 is 4.74 Å². The Kier molecular flexibility index (Phi) is 5.52. The molecule has 0 fully saturated rings. The topological polar surface area (TPSA) is 63.7 Å². The molecule has 2 heterocycles. The van der Waals surface area contributed by atoms with Gasteiger partial charge in [0.1, 0.15) is 23.2 Å². The zero-order valence-electron chi connectivity index (χ0n) is 13.9. The standard InChI is InChI=1S/C17H20N4OS2/c1-11(2)16-19-17(21-20-16)24-10-13-9-23-15(18-13)8-22-14-6-4-12(3)5-7-14/h4-7,9,11H,8,10H2,1-3H3,(H,19,20,21). The van der Waals surface area contributed by atoms with Crippen LogP contribution in [0.25, 0.3) is 0 Å². The van der Waals surface area contributed by atoms with Crippen LogP contribution in [0.2, 0.25) is 0 Å². The summed E-state index contributed by atoms with van der Waals surface area (Å²) in [6.45, 7) is 6.74. The highest BCUT2D eigenvalue weighted by Gasteiger charge is 2.09. The van der Waals surface area contributed by atoms with Crippen LogP contribution >= 0.6 is 23.1 Å². The number of nitrogens with one attached hydrogen (secondary N) is 1. The van der Waals surface area contributed by atoms with Gasteiger partial charge in [-0.15, -0.1) is 16.4 Å². The van der Waals surface area contributed by atoms with Crippen LogP contribution in [0.1, 0.15) is 41.9 Å². The summed E-state index contributed by atoms with van der Waals surface area (Å²) >= 11 is 3.21. The van der Waals surface area contributed by atoms with Crippen molar-refractivity contribution in [2.24, 2.45) is 0 Å². The Morgan fingerprint density at radius 2 is 2.00 bits per heavy atom. The first-order chi connectivity index (χ1) is 11.6. The molecule has 3 aromatic rings. The number of hydrogen-bond acceptors (Lipinski definition) is 6. The number of aryl methyl sites for hydroxylation is 1. The maximum absolute atomic E-state index is 5.76. The highest BCUT2D eigenvalue weighted by atomic mass is 32.2. The molecule has 2 aromatic heterocycles. The minimum absolute atomic E-state index is 0.358. The lowest BCUT2D eigenvalue weighted by atomic mass is 10.2. The van der Waals surface area contributed by atoms with Gasteiger partial charge in [-0.25, -0.2) is 9.97 Å². The van der Waals surface area contributed by atoms with Crippen LogP contribution in [0.4, 0.5) is 0 Å². The first-order valence-corrected chi connectivity index (χ1v) is 9.64. The van der Waals surface area contributed by atoms with Crippen molar-refractivity contribution >= 4 is 23.1 Å². The Hall–Kier alpha value is -1.86. The van der Waals surface area contributed by atoms with E-state index in [0.717, 1.165) is 33.2 Å². The molecule has 0 unspecified atom stereocenters. The quantitative estimate of drug-likeness (QED) is 0.626. The van der Waals surface area contributed by atoms with Gasteiger partial charge < -0.3 is 4.74 Å². The monoisotopic (exact) mass is 360 g/mol. The normalized spacial score (nSPS) is 11.2. The van der Waals surface area contributed by atoms with E-state index in [4.69, 9.17) is 4.74 Å². The van der Waals surface area contributed by atoms with Gasteiger partial charge in [-0.05, 0) is 19.1 Å². The summed E-state index contributed by atoms with van der Waals surface area (Å²) in [5, 5.41) is 11.0. The second kappa shape index (κ2) is 7.81. The van der Waals surface area contributed by atoms with Crippen molar-refractivity contribution in [3.8, 4) is 5.75 Å². The fourth-order valence-electron chi connectivity index (χ4n) is 1.98. The largest absolute Gasteiger partial charge is 0.486 e. The van der Waals surface area contributed by atoms with Crippen molar-refractivity contribution in [2.75, 3.05) is 0 Å². The van der Waals surface area contributed by atoms with Gasteiger partial charge in [0.25, 0.3) is 0 Å². The minimum Gasteiger partial charge on any atom is -0.486 e. The second-order valence-electron chi connectivity index (χ2n) is 5.78. The van der Waals surface area contributed by atoms with E-state index in [0.29, 0.717) is 12.5 Å². The van der Waals surface area contributed by atoms with Crippen molar-refractivity contribution in [1.29, 1.82) is 0 Å². The molecule has 7 heteroatoms. The minimum atomic E-state index is 0.358. The lowest BCUT2D eigenvalue weighted by Crippen LogP contribution is -1.95. The number of rotatable bonds is 7. The fourth-order valence-corrected chi connectivity index (χ4v) is 3.49. The van der Waals surface area contributed by atoms with Crippen LogP contribution in [-0.2, 0) is 12.4 Å². The molecular formula is C17H20N4OS2. The van der Waals surface area contributed by atoms with E-state index in [9.17, 15) is 0 Å². The van der Waals surface area contributed by atoms with Crippen LogP contribution in [0.3, 0.4) is 0 Å². The molecule has 0 bridgehead atoms. The highest BCUT2D eigenvalue weighted by molar-refractivity contribution is 7.98. The van der Waals surface area contributed by atoms with Crippen LogP contribution in [0, 0.1) is 6.92 Å². The van der Waals surface area contributed by atoms with E-state index >= 15 is 0 Å². The van der Waals surface area contributed by atoms with Crippen molar-refractivity contribution in [3.05, 3.63) is 51.7 Å². The van der Waals surface area contributed by atoms with Gasteiger partial charge in [0.15, 0.2) is 0 Å². The van der Waals surface area contributed by atoms with Gasteiger partial charge in [-0.1, -0.05) is 43.3 Å². The number of nitrogens with zero attached hydrogens (tertiary/aromatic N) is 3. The second-order valence-corrected chi connectivity index (χ2v) is 7.67. The molecule has 0 aliphatic heterocycles. The van der Waals surface area contributed by atoms with Crippen molar-refractivity contribution in [3.63, 3.8) is 0 Å². The smallest absolute Gasteiger partial charge is 0.208 e. The summed E-state index contributed by atoms with van der Waals surface area (Å²) in [5.74, 6) is 2.91. The molecule has 0 atom stereocenters. The molecule has 1 N–H and O–H groups in total. The summed E-state index contributed by atoms with van der Waals surface area (Å²) in [4.78, 5) is 9.07. The number of aromatic nitrogens is 4. The Labute approximate surface area is 149 Å². The molecule has 0 spiro atoms. The number of H-pyrrole nitrogens is 1. The average molecular weight is 361 g/mol. The number of benzene rings is 1. The molecule has 0 aliphatic carbocycles. The lowest BCUT2D eigenvalue weighted by molar-refractivity contribution is 0.305. The van der Waals surface area contributed by atoms with Crippen LogP contribution in [0.15, 0.2) is 34.8 Å². The van der Waals surface area contributed by atoms with E-state index < -0.39 is 0 Å². The van der Waals surface area contributed by atoms with Gasteiger partial charge in [-0.2, -0.15) is 0 Å². The van der Waals surface area contributed by atoms with Crippen molar-refractivity contribution in [2.45, 2.75) is 44.2 Å². The zero-order valence-corrected chi connectivity index (χ0v) is 15.6. The van der Waals surface area contributed by atoms with E-state index in [-0.39, 0.29) is 0 Å². The molecule has 1 aromatic carbocycles. The van der Waals surface area contributed by atoms with E-state index in [2.05, 4.69) is 46.3 Å². The molecule has 0 aliphatic rings. The van der Waals surface area contributed by atoms with Gasteiger partial charge in [0.2, 0.25) is 5.16 Å². The predicted molar refractivity (Wildman–Crippen MR) is 97.7 cm³/mol. The maximum Gasteiger partial charge on any atom is 0.208 e. The molecule has 126 valence electrons. The van der Waals surface area contributed by atoms with Gasteiger partial charge in [0, 0.05) is 17.1 Å². The number of thioether (sulfide) groups is 1. The third kappa shape index (κ3) is 4.58. The summed E-state index contributed by atoms with van der Waals surface area (Å²) < 4.78 is 5.76. The highest BCUT2D eigenvalue weighted by Crippen LogP contribution is 2.22. The van der Waals surface area contributed by atoms with Crippen LogP contribution in [0.5, 0.6) is 5.75 Å².